The minimum atomic E-state index is -0.927. The Bertz CT molecular complexity index is 420. The zero-order valence-electron chi connectivity index (χ0n) is 11.0. The number of aliphatic carboxylic acids is 1. The molecule has 5 nitrogen and oxygen atoms in total. The molecule has 2 unspecified atom stereocenters. The molecule has 0 saturated carbocycles. The molecule has 0 fully saturated rings. The van der Waals surface area contributed by atoms with Gasteiger partial charge in [0.15, 0.2) is 0 Å². The number of hydrogen-bond acceptors (Lipinski definition) is 3. The zero-order valence-corrected chi connectivity index (χ0v) is 11.0. The van der Waals surface area contributed by atoms with E-state index in [2.05, 4.69) is 5.32 Å². The lowest BCUT2D eigenvalue weighted by Gasteiger charge is -2.18. The third-order valence-corrected chi connectivity index (χ3v) is 2.90. The number of amides is 1. The van der Waals surface area contributed by atoms with Crippen molar-refractivity contribution in [2.45, 2.75) is 38.3 Å². The summed E-state index contributed by atoms with van der Waals surface area (Å²) in [7, 11) is 0. The van der Waals surface area contributed by atoms with Crippen molar-refractivity contribution < 1.29 is 14.7 Å². The molecule has 0 aliphatic heterocycles. The normalized spacial score (nSPS) is 13.6. The van der Waals surface area contributed by atoms with Crippen LogP contribution in [-0.2, 0) is 16.0 Å². The lowest BCUT2D eigenvalue weighted by atomic mass is 10.0. The van der Waals surface area contributed by atoms with Gasteiger partial charge in [-0.25, -0.2) is 0 Å². The summed E-state index contributed by atoms with van der Waals surface area (Å²) in [4.78, 5) is 22.5. The molecule has 0 bridgehead atoms. The van der Waals surface area contributed by atoms with Gasteiger partial charge in [0.05, 0.1) is 12.5 Å². The van der Waals surface area contributed by atoms with E-state index in [0.29, 0.717) is 12.8 Å². The first-order chi connectivity index (χ1) is 9.02. The lowest BCUT2D eigenvalue weighted by Crippen LogP contribution is -2.46. The molecule has 0 aliphatic rings. The van der Waals surface area contributed by atoms with E-state index < -0.39 is 12.0 Å². The highest BCUT2D eigenvalue weighted by Gasteiger charge is 2.19. The molecule has 1 aromatic rings. The Kier molecular flexibility index (Phi) is 6.02. The Hall–Kier alpha value is -1.88. The van der Waals surface area contributed by atoms with E-state index in [0.717, 1.165) is 5.56 Å². The summed E-state index contributed by atoms with van der Waals surface area (Å²) in [6.45, 7) is 1.83. The number of carbonyl (C=O) groups is 2. The summed E-state index contributed by atoms with van der Waals surface area (Å²) in [5.41, 5.74) is 6.81. The predicted octanol–water partition coefficient (Wildman–Crippen LogP) is 0.926. The summed E-state index contributed by atoms with van der Waals surface area (Å²) in [6, 6.07) is 8.45. The molecule has 2 atom stereocenters. The van der Waals surface area contributed by atoms with E-state index in [1.165, 1.54) is 0 Å². The third kappa shape index (κ3) is 5.52. The van der Waals surface area contributed by atoms with Crippen molar-refractivity contribution >= 4 is 11.9 Å². The number of benzene rings is 1. The minimum Gasteiger partial charge on any atom is -0.481 e. The van der Waals surface area contributed by atoms with Crippen LogP contribution < -0.4 is 11.1 Å². The van der Waals surface area contributed by atoms with Crippen molar-refractivity contribution in [1.82, 2.24) is 5.32 Å². The van der Waals surface area contributed by atoms with Crippen LogP contribution in [0.3, 0.4) is 0 Å². The van der Waals surface area contributed by atoms with Crippen LogP contribution in [0.4, 0.5) is 0 Å². The van der Waals surface area contributed by atoms with E-state index in [4.69, 9.17) is 10.8 Å². The number of carboxylic acids is 1. The van der Waals surface area contributed by atoms with E-state index in [1.807, 2.05) is 37.3 Å². The van der Waals surface area contributed by atoms with Gasteiger partial charge in [-0.2, -0.15) is 0 Å². The van der Waals surface area contributed by atoms with Gasteiger partial charge in [-0.3, -0.25) is 9.59 Å². The molecule has 19 heavy (non-hydrogen) atoms. The van der Waals surface area contributed by atoms with Gasteiger partial charge < -0.3 is 16.2 Å². The third-order valence-electron chi connectivity index (χ3n) is 2.90. The van der Waals surface area contributed by atoms with Gasteiger partial charge in [0.25, 0.3) is 0 Å². The van der Waals surface area contributed by atoms with Gasteiger partial charge in [0.2, 0.25) is 5.91 Å². The fourth-order valence-electron chi connectivity index (χ4n) is 1.78. The van der Waals surface area contributed by atoms with Crippen LogP contribution in [0, 0.1) is 0 Å². The molecule has 0 aromatic heterocycles. The van der Waals surface area contributed by atoms with E-state index in [1.54, 1.807) is 0 Å². The molecule has 0 radical (unpaired) electrons. The second-order valence-corrected chi connectivity index (χ2v) is 4.51. The summed E-state index contributed by atoms with van der Waals surface area (Å²) in [6.07, 6.45) is 0.923. The lowest BCUT2D eigenvalue weighted by molar-refractivity contribution is -0.137. The molecule has 0 spiro atoms. The first-order valence-electron chi connectivity index (χ1n) is 6.34. The maximum Gasteiger partial charge on any atom is 0.305 e. The molecule has 0 heterocycles. The molecular weight excluding hydrogens is 244 g/mol. The van der Waals surface area contributed by atoms with Crippen molar-refractivity contribution in [2.75, 3.05) is 0 Å². The van der Waals surface area contributed by atoms with Gasteiger partial charge in [-0.05, 0) is 18.4 Å². The highest BCUT2D eigenvalue weighted by atomic mass is 16.4. The number of rotatable bonds is 7. The van der Waals surface area contributed by atoms with Gasteiger partial charge >= 0.3 is 5.97 Å². The number of carboxylic acid groups (broad SMARTS) is 1. The van der Waals surface area contributed by atoms with Crippen molar-refractivity contribution in [3.05, 3.63) is 35.9 Å². The van der Waals surface area contributed by atoms with Crippen molar-refractivity contribution in [3.63, 3.8) is 0 Å². The molecule has 1 amide bonds. The van der Waals surface area contributed by atoms with Crippen LogP contribution in [0.25, 0.3) is 0 Å². The second-order valence-electron chi connectivity index (χ2n) is 4.51. The monoisotopic (exact) mass is 264 g/mol. The minimum absolute atomic E-state index is 0.0830. The van der Waals surface area contributed by atoms with Crippen LogP contribution in [-0.4, -0.2) is 29.1 Å². The number of nitrogens with one attached hydrogen (secondary N) is 1. The smallest absolute Gasteiger partial charge is 0.305 e. The maximum atomic E-state index is 11.9. The quantitative estimate of drug-likeness (QED) is 0.683. The number of hydrogen-bond donors (Lipinski definition) is 3. The van der Waals surface area contributed by atoms with Crippen LogP contribution in [0.1, 0.15) is 25.3 Å². The molecule has 5 heteroatoms. The summed E-state index contributed by atoms with van der Waals surface area (Å²) in [5.74, 6) is -1.24. The van der Waals surface area contributed by atoms with Crippen LogP contribution in [0.2, 0.25) is 0 Å². The fourth-order valence-corrected chi connectivity index (χ4v) is 1.78. The van der Waals surface area contributed by atoms with Gasteiger partial charge in [-0.15, -0.1) is 0 Å². The Balaban J connectivity index is 2.50. The first kappa shape index (κ1) is 15.2. The van der Waals surface area contributed by atoms with E-state index in [-0.39, 0.29) is 18.4 Å². The maximum absolute atomic E-state index is 11.9. The molecular formula is C14H20N2O3. The van der Waals surface area contributed by atoms with Crippen LogP contribution >= 0.6 is 0 Å². The van der Waals surface area contributed by atoms with E-state index >= 15 is 0 Å². The second kappa shape index (κ2) is 7.53. The SMILES string of the molecule is CCC(CC(=O)O)NC(=O)C(N)Cc1ccccc1. The summed E-state index contributed by atoms with van der Waals surface area (Å²) in [5, 5.41) is 11.4. The van der Waals surface area contributed by atoms with Gasteiger partial charge in [0, 0.05) is 6.04 Å². The highest BCUT2D eigenvalue weighted by molar-refractivity contribution is 5.82. The Morgan fingerprint density at radius 2 is 1.95 bits per heavy atom. The van der Waals surface area contributed by atoms with E-state index in [9.17, 15) is 9.59 Å². The van der Waals surface area contributed by atoms with Crippen molar-refractivity contribution in [1.29, 1.82) is 0 Å². The Morgan fingerprint density at radius 1 is 1.32 bits per heavy atom. The molecule has 4 N–H and O–H groups in total. The van der Waals surface area contributed by atoms with Crippen LogP contribution in [0.5, 0.6) is 0 Å². The average Bonchev–Trinajstić information content (AvgIpc) is 2.38. The largest absolute Gasteiger partial charge is 0.481 e. The molecule has 0 aliphatic carbocycles. The van der Waals surface area contributed by atoms with Crippen molar-refractivity contribution in [3.8, 4) is 0 Å². The summed E-state index contributed by atoms with van der Waals surface area (Å²) >= 11 is 0. The Morgan fingerprint density at radius 3 is 2.47 bits per heavy atom. The van der Waals surface area contributed by atoms with Gasteiger partial charge in [-0.1, -0.05) is 37.3 Å². The first-order valence-corrected chi connectivity index (χ1v) is 6.34. The molecule has 1 aromatic carbocycles. The summed E-state index contributed by atoms with van der Waals surface area (Å²) < 4.78 is 0. The topological polar surface area (TPSA) is 92.4 Å². The highest BCUT2D eigenvalue weighted by Crippen LogP contribution is 2.03. The zero-order chi connectivity index (χ0) is 14.3. The average molecular weight is 264 g/mol. The van der Waals surface area contributed by atoms with Crippen molar-refractivity contribution in [2.24, 2.45) is 5.73 Å². The number of carbonyl (C=O) groups excluding carboxylic acids is 1. The van der Waals surface area contributed by atoms with Gasteiger partial charge in [0.1, 0.15) is 0 Å². The van der Waals surface area contributed by atoms with Crippen LogP contribution in [0.15, 0.2) is 30.3 Å². The standard InChI is InChI=1S/C14H20N2O3/c1-2-11(9-13(17)18)16-14(19)12(15)8-10-6-4-3-5-7-10/h3-7,11-12H,2,8-9,15H2,1H3,(H,16,19)(H,17,18). The molecule has 104 valence electrons. The molecule has 0 saturated heterocycles. The number of nitrogens with two attached hydrogens (primary N) is 1. The molecule has 1 rings (SSSR count). The predicted molar refractivity (Wildman–Crippen MR) is 72.6 cm³/mol. The fraction of sp³-hybridized carbons (Fsp3) is 0.429. The Labute approximate surface area is 112 Å².